The van der Waals surface area contributed by atoms with Gasteiger partial charge in [-0.3, -0.25) is 4.79 Å². The number of carboxylic acids is 1. The number of hydrogen-bond acceptors (Lipinski definition) is 3. The molecule has 92 valence electrons. The number of amides is 1. The van der Waals surface area contributed by atoms with Gasteiger partial charge in [0.15, 0.2) is 0 Å². The van der Waals surface area contributed by atoms with Gasteiger partial charge in [0.05, 0.1) is 11.3 Å². The number of aromatic carboxylic acids is 1. The van der Waals surface area contributed by atoms with Gasteiger partial charge in [-0.25, -0.2) is 4.79 Å². The zero-order valence-corrected chi connectivity index (χ0v) is 9.98. The van der Waals surface area contributed by atoms with Crippen LogP contribution in [0.4, 0.5) is 5.69 Å². The monoisotopic (exact) mass is 237 g/mol. The molecule has 1 aromatic rings. The molecule has 17 heavy (non-hydrogen) atoms. The second-order valence-electron chi connectivity index (χ2n) is 3.67. The number of carboxylic acid groups (broad SMARTS) is 1. The first-order valence-electron chi connectivity index (χ1n) is 5.14. The highest BCUT2D eigenvalue weighted by Crippen LogP contribution is 2.19. The number of hydrogen-bond donors (Lipinski definition) is 2. The molecular formula is C12H15NO4. The molecule has 0 aromatic heterocycles. The highest BCUT2D eigenvalue weighted by molar-refractivity contribution is 6.02. The van der Waals surface area contributed by atoms with Crippen molar-refractivity contribution in [1.29, 1.82) is 0 Å². The van der Waals surface area contributed by atoms with Crippen LogP contribution in [0.25, 0.3) is 0 Å². The number of aryl methyl sites for hydroxylation is 1. The van der Waals surface area contributed by atoms with Crippen LogP contribution in [0.2, 0.25) is 0 Å². The van der Waals surface area contributed by atoms with Crippen LogP contribution >= 0.6 is 0 Å². The molecule has 0 aliphatic heterocycles. The van der Waals surface area contributed by atoms with E-state index in [4.69, 9.17) is 9.84 Å². The van der Waals surface area contributed by atoms with Crippen LogP contribution in [0.5, 0.6) is 0 Å². The number of carbonyl (C=O) groups excluding carboxylic acids is 1. The zero-order valence-electron chi connectivity index (χ0n) is 9.98. The number of ether oxygens (including phenoxy) is 1. The summed E-state index contributed by atoms with van der Waals surface area (Å²) in [5.41, 5.74) is 0.982. The van der Waals surface area contributed by atoms with Crippen LogP contribution in [0, 0.1) is 6.92 Å². The number of nitrogens with one attached hydrogen (secondary N) is 1. The lowest BCUT2D eigenvalue weighted by Gasteiger charge is -2.13. The minimum absolute atomic E-state index is 0.101. The van der Waals surface area contributed by atoms with E-state index in [2.05, 4.69) is 5.32 Å². The fourth-order valence-electron chi connectivity index (χ4n) is 1.40. The predicted molar refractivity (Wildman–Crippen MR) is 63.2 cm³/mol. The third-order valence-corrected chi connectivity index (χ3v) is 2.47. The van der Waals surface area contributed by atoms with E-state index >= 15 is 0 Å². The van der Waals surface area contributed by atoms with E-state index in [0.717, 1.165) is 0 Å². The van der Waals surface area contributed by atoms with E-state index in [0.29, 0.717) is 5.56 Å². The molecule has 1 aromatic carbocycles. The van der Waals surface area contributed by atoms with Crippen molar-refractivity contribution < 1.29 is 19.4 Å². The summed E-state index contributed by atoms with van der Waals surface area (Å²) in [6.45, 7) is 3.27. The molecule has 0 aliphatic rings. The maximum absolute atomic E-state index is 11.6. The molecule has 0 saturated heterocycles. The number of anilines is 1. The lowest BCUT2D eigenvalue weighted by molar-refractivity contribution is -0.124. The number of benzene rings is 1. The highest BCUT2D eigenvalue weighted by atomic mass is 16.5. The molecular weight excluding hydrogens is 222 g/mol. The van der Waals surface area contributed by atoms with Crippen molar-refractivity contribution in [3.63, 3.8) is 0 Å². The first-order chi connectivity index (χ1) is 7.97. The maximum Gasteiger partial charge on any atom is 0.338 e. The minimum atomic E-state index is -1.07. The van der Waals surface area contributed by atoms with E-state index in [1.54, 1.807) is 32.0 Å². The average molecular weight is 237 g/mol. The number of rotatable bonds is 4. The first kappa shape index (κ1) is 13.2. The van der Waals surface area contributed by atoms with Crippen molar-refractivity contribution in [3.8, 4) is 0 Å². The van der Waals surface area contributed by atoms with E-state index < -0.39 is 12.1 Å². The predicted octanol–water partition coefficient (Wildman–Crippen LogP) is 1.67. The second kappa shape index (κ2) is 5.45. The summed E-state index contributed by atoms with van der Waals surface area (Å²) in [5.74, 6) is -1.44. The molecule has 5 heteroatoms. The van der Waals surface area contributed by atoms with Gasteiger partial charge in [0.1, 0.15) is 6.10 Å². The van der Waals surface area contributed by atoms with Crippen LogP contribution in [-0.2, 0) is 9.53 Å². The van der Waals surface area contributed by atoms with Gasteiger partial charge in [0.25, 0.3) is 5.91 Å². The molecule has 0 heterocycles. The molecule has 1 atom stereocenters. The Hall–Kier alpha value is -1.88. The highest BCUT2D eigenvalue weighted by Gasteiger charge is 2.17. The van der Waals surface area contributed by atoms with Crippen molar-refractivity contribution in [2.24, 2.45) is 0 Å². The molecule has 1 amide bonds. The zero-order chi connectivity index (χ0) is 13.0. The summed E-state index contributed by atoms with van der Waals surface area (Å²) in [6, 6.07) is 4.92. The van der Waals surface area contributed by atoms with E-state index in [9.17, 15) is 9.59 Å². The summed E-state index contributed by atoms with van der Waals surface area (Å²) in [5, 5.41) is 11.6. The molecule has 0 radical (unpaired) electrons. The summed E-state index contributed by atoms with van der Waals surface area (Å²) in [4.78, 5) is 22.7. The summed E-state index contributed by atoms with van der Waals surface area (Å²) >= 11 is 0. The molecule has 1 rings (SSSR count). The fraction of sp³-hybridized carbons (Fsp3) is 0.333. The van der Waals surface area contributed by atoms with Crippen molar-refractivity contribution >= 4 is 17.6 Å². The normalized spacial score (nSPS) is 11.9. The fourth-order valence-corrected chi connectivity index (χ4v) is 1.40. The smallest absolute Gasteiger partial charge is 0.338 e. The van der Waals surface area contributed by atoms with Crippen LogP contribution in [0.3, 0.4) is 0 Å². The summed E-state index contributed by atoms with van der Waals surface area (Å²) in [7, 11) is 1.42. The molecule has 0 aliphatic carbocycles. The van der Waals surface area contributed by atoms with Crippen LogP contribution < -0.4 is 5.32 Å². The lowest BCUT2D eigenvalue weighted by Crippen LogP contribution is -2.27. The van der Waals surface area contributed by atoms with Crippen molar-refractivity contribution in [2.75, 3.05) is 12.4 Å². The minimum Gasteiger partial charge on any atom is -0.478 e. The van der Waals surface area contributed by atoms with Crippen LogP contribution in [-0.4, -0.2) is 30.2 Å². The van der Waals surface area contributed by atoms with Gasteiger partial charge >= 0.3 is 5.97 Å². The van der Waals surface area contributed by atoms with Gasteiger partial charge in [0.2, 0.25) is 0 Å². The van der Waals surface area contributed by atoms with Crippen LogP contribution in [0.1, 0.15) is 22.8 Å². The van der Waals surface area contributed by atoms with Crippen molar-refractivity contribution in [1.82, 2.24) is 0 Å². The van der Waals surface area contributed by atoms with E-state index in [-0.39, 0.29) is 17.2 Å². The SMILES string of the molecule is COC(C)C(=O)Nc1cccc(C)c1C(=O)O. The topological polar surface area (TPSA) is 75.6 Å². The Morgan fingerprint density at radius 3 is 2.59 bits per heavy atom. The Labute approximate surface area is 99.4 Å². The van der Waals surface area contributed by atoms with Crippen molar-refractivity contribution in [2.45, 2.75) is 20.0 Å². The Morgan fingerprint density at radius 2 is 2.06 bits per heavy atom. The van der Waals surface area contributed by atoms with Gasteiger partial charge in [-0.2, -0.15) is 0 Å². The lowest BCUT2D eigenvalue weighted by atomic mass is 10.1. The van der Waals surface area contributed by atoms with Gasteiger partial charge in [-0.05, 0) is 25.5 Å². The van der Waals surface area contributed by atoms with Gasteiger partial charge in [-0.1, -0.05) is 12.1 Å². The maximum atomic E-state index is 11.6. The molecule has 1 unspecified atom stereocenters. The Bertz CT molecular complexity index is 442. The van der Waals surface area contributed by atoms with Gasteiger partial charge in [0, 0.05) is 7.11 Å². The third-order valence-electron chi connectivity index (χ3n) is 2.47. The molecule has 5 nitrogen and oxygen atoms in total. The van der Waals surface area contributed by atoms with Gasteiger partial charge in [-0.15, -0.1) is 0 Å². The van der Waals surface area contributed by atoms with E-state index in [1.165, 1.54) is 7.11 Å². The molecule has 0 bridgehead atoms. The Balaban J connectivity index is 3.03. The Morgan fingerprint density at radius 1 is 1.41 bits per heavy atom. The van der Waals surface area contributed by atoms with Crippen LogP contribution in [0.15, 0.2) is 18.2 Å². The molecule has 2 N–H and O–H groups in total. The third kappa shape index (κ3) is 3.04. The van der Waals surface area contributed by atoms with Gasteiger partial charge < -0.3 is 15.2 Å². The summed E-state index contributed by atoms with van der Waals surface area (Å²) in [6.07, 6.45) is -0.628. The van der Waals surface area contributed by atoms with E-state index in [1.807, 2.05) is 0 Å². The largest absolute Gasteiger partial charge is 0.478 e. The average Bonchev–Trinajstić information content (AvgIpc) is 2.27. The molecule has 0 saturated carbocycles. The quantitative estimate of drug-likeness (QED) is 0.835. The molecule has 0 fully saturated rings. The first-order valence-corrected chi connectivity index (χ1v) is 5.14. The summed E-state index contributed by atoms with van der Waals surface area (Å²) < 4.78 is 4.86. The number of methoxy groups -OCH3 is 1. The number of carbonyl (C=O) groups is 2. The second-order valence-corrected chi connectivity index (χ2v) is 3.67. The molecule has 0 spiro atoms. The standard InChI is InChI=1S/C12H15NO4/c1-7-5-4-6-9(10(7)12(15)16)13-11(14)8(2)17-3/h4-6,8H,1-3H3,(H,13,14)(H,15,16). The van der Waals surface area contributed by atoms with Crippen molar-refractivity contribution in [3.05, 3.63) is 29.3 Å². The Kier molecular flexibility index (Phi) is 4.23.